The number of nitrogens with zero attached hydrogens (tertiary/aromatic N) is 5. The van der Waals surface area contributed by atoms with Crippen molar-refractivity contribution < 1.29 is 4.74 Å². The molecule has 3 heterocycles. The third kappa shape index (κ3) is 3.03. The Bertz CT molecular complexity index is 909. The molecule has 1 aromatic carbocycles. The van der Waals surface area contributed by atoms with Crippen molar-refractivity contribution in [2.24, 2.45) is 7.05 Å². The highest BCUT2D eigenvalue weighted by atomic mass is 16.5. The summed E-state index contributed by atoms with van der Waals surface area (Å²) in [6.07, 6.45) is 2.58. The van der Waals surface area contributed by atoms with Gasteiger partial charge in [0.15, 0.2) is 0 Å². The SMILES string of the molecule is CO[C@@H]1C[C@H](CNc2nc3ccccc3n2C)N(c2cc(N)ncn2)C1. The highest BCUT2D eigenvalue weighted by Crippen LogP contribution is 2.27. The van der Waals surface area contributed by atoms with Crippen molar-refractivity contribution in [3.8, 4) is 0 Å². The van der Waals surface area contributed by atoms with Gasteiger partial charge in [-0.05, 0) is 18.6 Å². The molecule has 4 rings (SSSR count). The highest BCUT2D eigenvalue weighted by molar-refractivity contribution is 5.78. The van der Waals surface area contributed by atoms with Crippen molar-refractivity contribution in [2.45, 2.75) is 18.6 Å². The first-order valence-electron chi connectivity index (χ1n) is 8.68. The van der Waals surface area contributed by atoms with E-state index in [4.69, 9.17) is 10.5 Å². The number of fused-ring (bicyclic) bond motifs is 1. The van der Waals surface area contributed by atoms with E-state index in [0.717, 1.165) is 42.3 Å². The Balaban J connectivity index is 1.54. The average molecular weight is 353 g/mol. The van der Waals surface area contributed by atoms with Gasteiger partial charge in [0, 0.05) is 33.3 Å². The molecular weight excluding hydrogens is 330 g/mol. The number of anilines is 3. The molecule has 0 radical (unpaired) electrons. The van der Waals surface area contributed by atoms with Crippen LogP contribution < -0.4 is 16.0 Å². The van der Waals surface area contributed by atoms with Gasteiger partial charge in [0.05, 0.1) is 23.2 Å². The number of nitrogens with two attached hydrogens (primary N) is 1. The average Bonchev–Trinajstić information content (AvgIpc) is 3.21. The number of para-hydroxylation sites is 2. The van der Waals surface area contributed by atoms with Crippen LogP contribution in [0.2, 0.25) is 0 Å². The van der Waals surface area contributed by atoms with Crippen LogP contribution in [0.25, 0.3) is 11.0 Å². The Morgan fingerprint density at radius 2 is 2.15 bits per heavy atom. The van der Waals surface area contributed by atoms with E-state index in [0.29, 0.717) is 5.82 Å². The minimum Gasteiger partial charge on any atom is -0.384 e. The quantitative estimate of drug-likeness (QED) is 0.720. The second-order valence-electron chi connectivity index (χ2n) is 6.56. The number of hydrogen-bond acceptors (Lipinski definition) is 7. The highest BCUT2D eigenvalue weighted by Gasteiger charge is 2.33. The molecule has 1 aliphatic heterocycles. The normalized spacial score (nSPS) is 20.0. The van der Waals surface area contributed by atoms with E-state index >= 15 is 0 Å². The molecule has 1 fully saturated rings. The predicted octanol–water partition coefficient (Wildman–Crippen LogP) is 1.65. The Labute approximate surface area is 152 Å². The van der Waals surface area contributed by atoms with E-state index in [1.54, 1.807) is 13.2 Å². The van der Waals surface area contributed by atoms with E-state index in [2.05, 4.69) is 35.8 Å². The monoisotopic (exact) mass is 353 g/mol. The van der Waals surface area contributed by atoms with Gasteiger partial charge < -0.3 is 25.3 Å². The second kappa shape index (κ2) is 6.80. The van der Waals surface area contributed by atoms with E-state index in [1.807, 2.05) is 25.2 Å². The van der Waals surface area contributed by atoms with E-state index < -0.39 is 0 Å². The molecule has 1 aliphatic rings. The Morgan fingerprint density at radius 1 is 1.31 bits per heavy atom. The van der Waals surface area contributed by atoms with Gasteiger partial charge in [-0.2, -0.15) is 0 Å². The smallest absolute Gasteiger partial charge is 0.203 e. The fourth-order valence-electron chi connectivity index (χ4n) is 3.55. The fraction of sp³-hybridized carbons (Fsp3) is 0.389. The number of imidazole rings is 1. The molecule has 0 bridgehead atoms. The van der Waals surface area contributed by atoms with E-state index in [-0.39, 0.29) is 12.1 Å². The summed E-state index contributed by atoms with van der Waals surface area (Å²) in [4.78, 5) is 15.3. The summed E-state index contributed by atoms with van der Waals surface area (Å²) in [5, 5.41) is 3.48. The lowest BCUT2D eigenvalue weighted by atomic mass is 10.2. The van der Waals surface area contributed by atoms with Gasteiger partial charge in [0.25, 0.3) is 0 Å². The summed E-state index contributed by atoms with van der Waals surface area (Å²) in [6, 6.07) is 10.2. The Morgan fingerprint density at radius 3 is 2.92 bits per heavy atom. The lowest BCUT2D eigenvalue weighted by Crippen LogP contribution is -2.36. The maximum atomic E-state index is 5.83. The van der Waals surface area contributed by atoms with Crippen LogP contribution in [0, 0.1) is 0 Å². The van der Waals surface area contributed by atoms with Gasteiger partial charge in [0.1, 0.15) is 18.0 Å². The van der Waals surface area contributed by atoms with Gasteiger partial charge in [-0.15, -0.1) is 0 Å². The molecule has 2 atom stereocenters. The summed E-state index contributed by atoms with van der Waals surface area (Å²) in [6.45, 7) is 1.52. The maximum absolute atomic E-state index is 5.83. The van der Waals surface area contributed by atoms with Crippen molar-refractivity contribution in [2.75, 3.05) is 36.1 Å². The molecule has 8 nitrogen and oxygen atoms in total. The van der Waals surface area contributed by atoms with Gasteiger partial charge in [-0.25, -0.2) is 15.0 Å². The summed E-state index contributed by atoms with van der Waals surface area (Å²) >= 11 is 0. The van der Waals surface area contributed by atoms with Crippen LogP contribution in [0.3, 0.4) is 0 Å². The first kappa shape index (κ1) is 16.6. The number of ether oxygens (including phenoxy) is 1. The van der Waals surface area contributed by atoms with Crippen LogP contribution in [-0.4, -0.2) is 51.9 Å². The zero-order valence-corrected chi connectivity index (χ0v) is 15.0. The molecule has 3 aromatic rings. The van der Waals surface area contributed by atoms with E-state index in [1.165, 1.54) is 6.33 Å². The van der Waals surface area contributed by atoms with Gasteiger partial charge in [-0.3, -0.25) is 0 Å². The summed E-state index contributed by atoms with van der Waals surface area (Å²) < 4.78 is 7.66. The van der Waals surface area contributed by atoms with Crippen molar-refractivity contribution in [3.05, 3.63) is 36.7 Å². The van der Waals surface area contributed by atoms with Gasteiger partial charge in [0.2, 0.25) is 5.95 Å². The molecule has 0 amide bonds. The lowest BCUT2D eigenvalue weighted by Gasteiger charge is -2.25. The van der Waals surface area contributed by atoms with Crippen molar-refractivity contribution in [1.82, 2.24) is 19.5 Å². The predicted molar refractivity (Wildman–Crippen MR) is 102 cm³/mol. The molecule has 136 valence electrons. The Hall–Kier alpha value is -2.87. The molecule has 0 aliphatic carbocycles. The second-order valence-corrected chi connectivity index (χ2v) is 6.56. The molecule has 0 saturated carbocycles. The van der Waals surface area contributed by atoms with Crippen molar-refractivity contribution >= 4 is 28.6 Å². The first-order valence-corrected chi connectivity index (χ1v) is 8.68. The summed E-state index contributed by atoms with van der Waals surface area (Å²) in [5.74, 6) is 2.15. The molecule has 3 N–H and O–H groups in total. The van der Waals surface area contributed by atoms with Gasteiger partial charge >= 0.3 is 0 Å². The van der Waals surface area contributed by atoms with Crippen LogP contribution in [0.5, 0.6) is 0 Å². The number of aryl methyl sites for hydroxylation is 1. The molecule has 1 saturated heterocycles. The number of methoxy groups -OCH3 is 1. The number of rotatable bonds is 5. The third-order valence-electron chi connectivity index (χ3n) is 4.96. The summed E-state index contributed by atoms with van der Waals surface area (Å²) in [7, 11) is 3.77. The number of nitrogen functional groups attached to an aromatic ring is 1. The van der Waals surface area contributed by atoms with Crippen molar-refractivity contribution in [3.63, 3.8) is 0 Å². The number of benzene rings is 1. The largest absolute Gasteiger partial charge is 0.384 e. The zero-order chi connectivity index (χ0) is 18.1. The molecule has 26 heavy (non-hydrogen) atoms. The zero-order valence-electron chi connectivity index (χ0n) is 15.0. The minimum atomic E-state index is 0.165. The molecule has 8 heteroatoms. The molecule has 0 spiro atoms. The van der Waals surface area contributed by atoms with Crippen molar-refractivity contribution in [1.29, 1.82) is 0 Å². The number of hydrogen-bond donors (Lipinski definition) is 2. The summed E-state index contributed by atoms with van der Waals surface area (Å²) in [5.41, 5.74) is 7.92. The number of nitrogens with one attached hydrogen (secondary N) is 1. The Kier molecular flexibility index (Phi) is 4.34. The third-order valence-corrected chi connectivity index (χ3v) is 4.96. The van der Waals surface area contributed by atoms with Crippen LogP contribution in [0.1, 0.15) is 6.42 Å². The van der Waals surface area contributed by atoms with Gasteiger partial charge in [-0.1, -0.05) is 12.1 Å². The van der Waals surface area contributed by atoms with Crippen LogP contribution >= 0.6 is 0 Å². The maximum Gasteiger partial charge on any atom is 0.203 e. The lowest BCUT2D eigenvalue weighted by molar-refractivity contribution is 0.118. The molecule has 0 unspecified atom stereocenters. The van der Waals surface area contributed by atoms with E-state index in [9.17, 15) is 0 Å². The standard InChI is InChI=1S/C18H23N7O/c1-24-15-6-4-3-5-14(15)23-18(24)20-9-12-7-13(26-2)10-25(12)17-8-16(19)21-11-22-17/h3-6,8,11-13H,7,9-10H2,1-2H3,(H,20,23)(H2,19,21,22)/t12-,13-/m1/s1. The van der Waals surface area contributed by atoms with Crippen LogP contribution in [-0.2, 0) is 11.8 Å². The van der Waals surface area contributed by atoms with Crippen LogP contribution in [0.4, 0.5) is 17.6 Å². The van der Waals surface area contributed by atoms with Crippen LogP contribution in [0.15, 0.2) is 36.7 Å². The fourth-order valence-corrected chi connectivity index (χ4v) is 3.55. The number of aromatic nitrogens is 4. The molecular formula is C18H23N7O. The first-order chi connectivity index (χ1) is 12.7. The minimum absolute atomic E-state index is 0.165. The molecule has 2 aromatic heterocycles. The topological polar surface area (TPSA) is 94.1 Å².